The molecule has 0 saturated heterocycles. The molecule has 0 fully saturated rings. The van der Waals surface area contributed by atoms with E-state index in [9.17, 15) is 0 Å². The van der Waals surface area contributed by atoms with Gasteiger partial charge in [0, 0.05) is 18.0 Å². The van der Waals surface area contributed by atoms with Gasteiger partial charge in [0.25, 0.3) is 0 Å². The second-order valence-electron chi connectivity index (χ2n) is 4.45. The van der Waals surface area contributed by atoms with Gasteiger partial charge in [-0.3, -0.25) is 0 Å². The van der Waals surface area contributed by atoms with Gasteiger partial charge in [-0.25, -0.2) is 9.50 Å². The molecule has 1 aromatic carbocycles. The second-order valence-corrected chi connectivity index (χ2v) is 4.45. The smallest absolute Gasteiger partial charge is 0.159 e. The highest BCUT2D eigenvalue weighted by Gasteiger charge is 2.05. The fourth-order valence-electron chi connectivity index (χ4n) is 1.95. The standard InChI is InChI=1S/C14H14N4O/c1-9-7-11(15)3-4-13(9)19-12-5-6-18-14(8-12)16-10(2)17-18/h3-8H,15H2,1-2H3. The van der Waals surface area contributed by atoms with Gasteiger partial charge in [0.15, 0.2) is 5.65 Å². The zero-order valence-electron chi connectivity index (χ0n) is 10.8. The maximum Gasteiger partial charge on any atom is 0.159 e. The topological polar surface area (TPSA) is 65.4 Å². The van der Waals surface area contributed by atoms with Crippen LogP contribution in [0.4, 0.5) is 5.69 Å². The van der Waals surface area contributed by atoms with Crippen LogP contribution < -0.4 is 10.5 Å². The van der Waals surface area contributed by atoms with Crippen molar-refractivity contribution in [3.05, 3.63) is 47.9 Å². The van der Waals surface area contributed by atoms with Crippen LogP contribution >= 0.6 is 0 Å². The zero-order chi connectivity index (χ0) is 13.4. The van der Waals surface area contributed by atoms with Gasteiger partial charge in [-0.2, -0.15) is 5.10 Å². The van der Waals surface area contributed by atoms with Crippen molar-refractivity contribution in [1.29, 1.82) is 0 Å². The first-order chi connectivity index (χ1) is 9.11. The van der Waals surface area contributed by atoms with Crippen LogP contribution in [0.5, 0.6) is 11.5 Å². The van der Waals surface area contributed by atoms with Crippen LogP contribution in [0.15, 0.2) is 36.5 Å². The average Bonchev–Trinajstić information content (AvgIpc) is 2.72. The number of aromatic nitrogens is 3. The van der Waals surface area contributed by atoms with Gasteiger partial charge < -0.3 is 10.5 Å². The molecule has 2 heterocycles. The van der Waals surface area contributed by atoms with Gasteiger partial charge >= 0.3 is 0 Å². The number of nitrogens with two attached hydrogens (primary N) is 1. The number of rotatable bonds is 2. The third-order valence-electron chi connectivity index (χ3n) is 2.84. The summed E-state index contributed by atoms with van der Waals surface area (Å²) < 4.78 is 7.57. The summed E-state index contributed by atoms with van der Waals surface area (Å²) in [5.41, 5.74) is 8.22. The van der Waals surface area contributed by atoms with E-state index in [1.807, 2.05) is 50.4 Å². The summed E-state index contributed by atoms with van der Waals surface area (Å²) in [6.45, 7) is 3.82. The van der Waals surface area contributed by atoms with Crippen molar-refractivity contribution in [3.63, 3.8) is 0 Å². The summed E-state index contributed by atoms with van der Waals surface area (Å²) in [5.74, 6) is 2.25. The van der Waals surface area contributed by atoms with E-state index in [0.717, 1.165) is 34.2 Å². The van der Waals surface area contributed by atoms with E-state index in [-0.39, 0.29) is 0 Å². The predicted octanol–water partition coefficient (Wildman–Crippen LogP) is 2.72. The van der Waals surface area contributed by atoms with E-state index >= 15 is 0 Å². The van der Waals surface area contributed by atoms with Gasteiger partial charge in [-0.05, 0) is 43.7 Å². The van der Waals surface area contributed by atoms with E-state index in [4.69, 9.17) is 10.5 Å². The molecule has 96 valence electrons. The summed E-state index contributed by atoms with van der Waals surface area (Å²) in [4.78, 5) is 4.30. The van der Waals surface area contributed by atoms with E-state index < -0.39 is 0 Å². The molecule has 0 spiro atoms. The molecule has 5 nitrogen and oxygen atoms in total. The van der Waals surface area contributed by atoms with Crippen molar-refractivity contribution < 1.29 is 4.74 Å². The van der Waals surface area contributed by atoms with Gasteiger partial charge in [0.2, 0.25) is 0 Å². The fraction of sp³-hybridized carbons (Fsp3) is 0.143. The lowest BCUT2D eigenvalue weighted by Gasteiger charge is -2.09. The third-order valence-corrected chi connectivity index (χ3v) is 2.84. The molecule has 0 atom stereocenters. The Labute approximate surface area is 110 Å². The lowest BCUT2D eigenvalue weighted by molar-refractivity contribution is 0.478. The van der Waals surface area contributed by atoms with Crippen LogP contribution in [0.25, 0.3) is 5.65 Å². The number of hydrogen-bond donors (Lipinski definition) is 1. The Morgan fingerprint density at radius 2 is 2.00 bits per heavy atom. The molecule has 0 saturated carbocycles. The lowest BCUT2D eigenvalue weighted by atomic mass is 10.2. The third kappa shape index (κ3) is 2.22. The van der Waals surface area contributed by atoms with Gasteiger partial charge in [0.1, 0.15) is 17.3 Å². The van der Waals surface area contributed by atoms with Gasteiger partial charge in [-0.15, -0.1) is 0 Å². The van der Waals surface area contributed by atoms with Crippen molar-refractivity contribution in [2.24, 2.45) is 0 Å². The number of pyridine rings is 1. The van der Waals surface area contributed by atoms with Crippen LogP contribution in [0.1, 0.15) is 11.4 Å². The Kier molecular flexibility index (Phi) is 2.59. The SMILES string of the molecule is Cc1nc2cc(Oc3ccc(N)cc3C)ccn2n1. The van der Waals surface area contributed by atoms with E-state index in [0.29, 0.717) is 0 Å². The Morgan fingerprint density at radius 3 is 2.79 bits per heavy atom. The Morgan fingerprint density at radius 1 is 1.16 bits per heavy atom. The highest BCUT2D eigenvalue weighted by molar-refractivity contribution is 5.50. The first-order valence-electron chi connectivity index (χ1n) is 5.99. The lowest BCUT2D eigenvalue weighted by Crippen LogP contribution is -1.92. The monoisotopic (exact) mass is 254 g/mol. The number of anilines is 1. The maximum absolute atomic E-state index is 5.84. The summed E-state index contributed by atoms with van der Waals surface area (Å²) in [5, 5.41) is 4.22. The molecular weight excluding hydrogens is 240 g/mol. The normalized spacial score (nSPS) is 10.8. The Hall–Kier alpha value is -2.56. The molecule has 0 bridgehead atoms. The molecule has 0 aliphatic heterocycles. The molecular formula is C14H14N4O. The summed E-state index contributed by atoms with van der Waals surface area (Å²) in [6.07, 6.45) is 1.83. The zero-order valence-corrected chi connectivity index (χ0v) is 10.8. The molecule has 2 N–H and O–H groups in total. The summed E-state index contributed by atoms with van der Waals surface area (Å²) in [7, 11) is 0. The van der Waals surface area contributed by atoms with E-state index in [1.54, 1.807) is 4.52 Å². The van der Waals surface area contributed by atoms with Crippen LogP contribution in [-0.4, -0.2) is 14.6 Å². The van der Waals surface area contributed by atoms with Crippen LogP contribution in [0.2, 0.25) is 0 Å². The fourth-order valence-corrected chi connectivity index (χ4v) is 1.95. The first-order valence-corrected chi connectivity index (χ1v) is 5.99. The molecule has 2 aromatic heterocycles. The highest BCUT2D eigenvalue weighted by atomic mass is 16.5. The number of nitrogens with zero attached hydrogens (tertiary/aromatic N) is 3. The van der Waals surface area contributed by atoms with E-state index in [2.05, 4.69) is 10.1 Å². The summed E-state index contributed by atoms with van der Waals surface area (Å²) in [6, 6.07) is 9.29. The van der Waals surface area contributed by atoms with Crippen LogP contribution in [0, 0.1) is 13.8 Å². The Bertz CT molecular complexity index is 748. The van der Waals surface area contributed by atoms with Crippen molar-refractivity contribution >= 4 is 11.3 Å². The number of fused-ring (bicyclic) bond motifs is 1. The van der Waals surface area contributed by atoms with Crippen molar-refractivity contribution in [2.45, 2.75) is 13.8 Å². The van der Waals surface area contributed by atoms with Crippen LogP contribution in [-0.2, 0) is 0 Å². The molecule has 0 aliphatic rings. The molecule has 0 aliphatic carbocycles. The molecule has 0 radical (unpaired) electrons. The number of hydrogen-bond acceptors (Lipinski definition) is 4. The number of benzene rings is 1. The van der Waals surface area contributed by atoms with Crippen LogP contribution in [0.3, 0.4) is 0 Å². The quantitative estimate of drug-likeness (QED) is 0.714. The average molecular weight is 254 g/mol. The van der Waals surface area contributed by atoms with Crippen molar-refractivity contribution in [2.75, 3.05) is 5.73 Å². The Balaban J connectivity index is 1.96. The molecule has 0 unspecified atom stereocenters. The molecule has 3 rings (SSSR count). The first kappa shape index (κ1) is 11.5. The second kappa shape index (κ2) is 4.28. The minimum Gasteiger partial charge on any atom is -0.457 e. The van der Waals surface area contributed by atoms with Crippen molar-refractivity contribution in [1.82, 2.24) is 14.6 Å². The molecule has 0 amide bonds. The highest BCUT2D eigenvalue weighted by Crippen LogP contribution is 2.26. The largest absolute Gasteiger partial charge is 0.457 e. The van der Waals surface area contributed by atoms with Gasteiger partial charge in [0.05, 0.1) is 0 Å². The molecule has 19 heavy (non-hydrogen) atoms. The van der Waals surface area contributed by atoms with Crippen molar-refractivity contribution in [3.8, 4) is 11.5 Å². The number of aryl methyl sites for hydroxylation is 2. The number of nitrogen functional groups attached to an aromatic ring is 1. The van der Waals surface area contributed by atoms with E-state index in [1.165, 1.54) is 0 Å². The summed E-state index contributed by atoms with van der Waals surface area (Å²) >= 11 is 0. The molecule has 5 heteroatoms. The molecule has 3 aromatic rings. The minimum absolute atomic E-state index is 0.729. The van der Waals surface area contributed by atoms with Gasteiger partial charge in [-0.1, -0.05) is 0 Å². The number of ether oxygens (including phenoxy) is 1. The predicted molar refractivity (Wildman–Crippen MR) is 73.4 cm³/mol. The maximum atomic E-state index is 5.84. The minimum atomic E-state index is 0.729.